The van der Waals surface area contributed by atoms with Crippen LogP contribution in [0.1, 0.15) is 17.5 Å². The molecule has 0 unspecified atom stereocenters. The fourth-order valence-electron chi connectivity index (χ4n) is 2.09. The van der Waals surface area contributed by atoms with E-state index < -0.39 is 11.9 Å². The van der Waals surface area contributed by atoms with Crippen LogP contribution in [0.3, 0.4) is 0 Å². The number of carboxylic acid groups (broad SMARTS) is 2. The van der Waals surface area contributed by atoms with Crippen molar-refractivity contribution in [3.05, 3.63) is 42.0 Å². The van der Waals surface area contributed by atoms with Crippen molar-refractivity contribution in [2.24, 2.45) is 0 Å². The molecule has 0 heterocycles. The first kappa shape index (κ1) is 25.6. The van der Waals surface area contributed by atoms with Gasteiger partial charge in [0.2, 0.25) is 0 Å². The largest absolute Gasteiger partial charge is 0.491 e. The highest BCUT2D eigenvalue weighted by Gasteiger charge is 2.04. The zero-order valence-electron chi connectivity index (χ0n) is 16.6. The Balaban J connectivity index is 0.00000105. The molecule has 0 saturated carbocycles. The molecular weight excluding hydrogens is 366 g/mol. The van der Waals surface area contributed by atoms with Crippen molar-refractivity contribution in [1.82, 2.24) is 5.32 Å². The van der Waals surface area contributed by atoms with E-state index in [0.29, 0.717) is 19.8 Å². The highest BCUT2D eigenvalue weighted by Crippen LogP contribution is 2.20. The molecule has 0 amide bonds. The number of hydrogen-bond acceptors (Lipinski definition) is 6. The van der Waals surface area contributed by atoms with Crippen LogP contribution in [0.4, 0.5) is 0 Å². The summed E-state index contributed by atoms with van der Waals surface area (Å²) < 4.78 is 16.3. The summed E-state index contributed by atoms with van der Waals surface area (Å²) in [6, 6.07) is 6.22. The van der Waals surface area contributed by atoms with Crippen LogP contribution in [0, 0.1) is 6.92 Å². The third-order valence-corrected chi connectivity index (χ3v) is 3.37. The second-order valence-electron chi connectivity index (χ2n) is 5.77. The summed E-state index contributed by atoms with van der Waals surface area (Å²) in [6.07, 6.45) is 3.75. The summed E-state index contributed by atoms with van der Waals surface area (Å²) in [5, 5.41) is 18.1. The molecule has 1 aromatic rings. The standard InChI is InChI=1S/C18H29NO3.C2H2O4/c1-4-6-17-15-16(2)7-8-18(17)22-14-13-21-12-10-19-9-5-11-20-3;3-1(4)2(5)6/h4,7-8,15,19H,1,5-6,9-14H2,2-3H3;(H,3,4)(H,5,6). The van der Waals surface area contributed by atoms with Gasteiger partial charge in [-0.15, -0.1) is 6.58 Å². The van der Waals surface area contributed by atoms with Crippen molar-refractivity contribution < 1.29 is 34.0 Å². The maximum absolute atomic E-state index is 9.10. The molecular formula is C20H31NO7. The molecule has 0 bridgehead atoms. The van der Waals surface area contributed by atoms with Gasteiger partial charge < -0.3 is 29.7 Å². The first-order chi connectivity index (χ1) is 13.4. The van der Waals surface area contributed by atoms with E-state index in [0.717, 1.165) is 38.3 Å². The number of rotatable bonds is 13. The minimum Gasteiger partial charge on any atom is -0.491 e. The predicted molar refractivity (Wildman–Crippen MR) is 106 cm³/mol. The zero-order valence-corrected chi connectivity index (χ0v) is 16.6. The Bertz CT molecular complexity index is 578. The number of benzene rings is 1. The molecule has 0 aromatic heterocycles. The van der Waals surface area contributed by atoms with E-state index in [1.54, 1.807) is 7.11 Å². The van der Waals surface area contributed by atoms with Crippen LogP contribution in [-0.2, 0) is 25.5 Å². The maximum atomic E-state index is 9.10. The lowest BCUT2D eigenvalue weighted by molar-refractivity contribution is -0.159. The molecule has 0 radical (unpaired) electrons. The van der Waals surface area contributed by atoms with Gasteiger partial charge in [-0.1, -0.05) is 23.8 Å². The van der Waals surface area contributed by atoms with Crippen LogP contribution in [-0.4, -0.2) is 68.8 Å². The van der Waals surface area contributed by atoms with Gasteiger partial charge in [0.25, 0.3) is 0 Å². The number of nitrogens with one attached hydrogen (secondary N) is 1. The van der Waals surface area contributed by atoms with Crippen molar-refractivity contribution in [2.75, 3.05) is 46.6 Å². The van der Waals surface area contributed by atoms with Gasteiger partial charge in [-0.2, -0.15) is 0 Å². The van der Waals surface area contributed by atoms with Gasteiger partial charge in [0.15, 0.2) is 0 Å². The smallest absolute Gasteiger partial charge is 0.414 e. The number of carbonyl (C=O) groups is 2. The molecule has 0 fully saturated rings. The van der Waals surface area contributed by atoms with Crippen LogP contribution in [0.25, 0.3) is 0 Å². The summed E-state index contributed by atoms with van der Waals surface area (Å²) in [7, 11) is 1.72. The number of carboxylic acids is 2. The molecule has 8 heteroatoms. The Labute approximate surface area is 166 Å². The third-order valence-electron chi connectivity index (χ3n) is 3.37. The molecule has 0 aliphatic heterocycles. The lowest BCUT2D eigenvalue weighted by Crippen LogP contribution is -2.22. The maximum Gasteiger partial charge on any atom is 0.414 e. The molecule has 8 nitrogen and oxygen atoms in total. The topological polar surface area (TPSA) is 114 Å². The Morgan fingerprint density at radius 3 is 2.43 bits per heavy atom. The van der Waals surface area contributed by atoms with E-state index in [9.17, 15) is 0 Å². The summed E-state index contributed by atoms with van der Waals surface area (Å²) in [4.78, 5) is 18.2. The SMILES string of the molecule is C=CCc1cc(C)ccc1OCCOCCNCCCOC.O=C(O)C(=O)O. The molecule has 0 aliphatic carbocycles. The second-order valence-corrected chi connectivity index (χ2v) is 5.77. The number of hydrogen-bond donors (Lipinski definition) is 3. The lowest BCUT2D eigenvalue weighted by atomic mass is 10.1. The summed E-state index contributed by atoms with van der Waals surface area (Å²) in [5.74, 6) is -2.73. The molecule has 28 heavy (non-hydrogen) atoms. The van der Waals surface area contributed by atoms with E-state index in [2.05, 4.69) is 31.0 Å². The van der Waals surface area contributed by atoms with Gasteiger partial charge in [0.05, 0.1) is 13.2 Å². The second kappa shape index (κ2) is 16.7. The van der Waals surface area contributed by atoms with Crippen LogP contribution < -0.4 is 10.1 Å². The Kier molecular flexibility index (Phi) is 15.3. The van der Waals surface area contributed by atoms with E-state index in [1.165, 1.54) is 11.1 Å². The summed E-state index contributed by atoms with van der Waals surface area (Å²) in [6.45, 7) is 10.3. The van der Waals surface area contributed by atoms with E-state index in [1.807, 2.05) is 12.1 Å². The number of aliphatic carboxylic acids is 2. The number of allylic oxidation sites excluding steroid dienone is 1. The van der Waals surface area contributed by atoms with Gasteiger partial charge in [-0.25, -0.2) is 9.59 Å². The van der Waals surface area contributed by atoms with Crippen molar-refractivity contribution in [1.29, 1.82) is 0 Å². The van der Waals surface area contributed by atoms with Gasteiger partial charge in [0, 0.05) is 20.3 Å². The summed E-state index contributed by atoms with van der Waals surface area (Å²) >= 11 is 0. The van der Waals surface area contributed by atoms with Gasteiger partial charge in [-0.05, 0) is 37.9 Å². The Morgan fingerprint density at radius 1 is 1.11 bits per heavy atom. The van der Waals surface area contributed by atoms with E-state index >= 15 is 0 Å². The van der Waals surface area contributed by atoms with E-state index in [4.69, 9.17) is 34.0 Å². The van der Waals surface area contributed by atoms with Crippen molar-refractivity contribution >= 4 is 11.9 Å². The normalized spacial score (nSPS) is 9.93. The highest BCUT2D eigenvalue weighted by molar-refractivity contribution is 6.27. The fourth-order valence-corrected chi connectivity index (χ4v) is 2.09. The zero-order chi connectivity index (χ0) is 21.2. The Hall–Kier alpha value is -2.42. The quantitative estimate of drug-likeness (QED) is 0.263. The average Bonchev–Trinajstić information content (AvgIpc) is 2.65. The third kappa shape index (κ3) is 13.7. The minimum atomic E-state index is -1.82. The molecule has 0 saturated heterocycles. The molecule has 0 aliphatic rings. The molecule has 1 rings (SSSR count). The van der Waals surface area contributed by atoms with Crippen LogP contribution >= 0.6 is 0 Å². The van der Waals surface area contributed by atoms with Crippen molar-refractivity contribution in [2.45, 2.75) is 19.8 Å². The van der Waals surface area contributed by atoms with Crippen molar-refractivity contribution in [3.63, 3.8) is 0 Å². The molecule has 158 valence electrons. The Morgan fingerprint density at radius 2 is 1.82 bits per heavy atom. The van der Waals surface area contributed by atoms with Crippen LogP contribution in [0.2, 0.25) is 0 Å². The van der Waals surface area contributed by atoms with Crippen LogP contribution in [0.15, 0.2) is 30.9 Å². The van der Waals surface area contributed by atoms with Crippen molar-refractivity contribution in [3.8, 4) is 5.75 Å². The molecule has 1 aromatic carbocycles. The number of ether oxygens (including phenoxy) is 3. The molecule has 0 atom stereocenters. The summed E-state index contributed by atoms with van der Waals surface area (Å²) in [5.41, 5.74) is 2.41. The van der Waals surface area contributed by atoms with E-state index in [-0.39, 0.29) is 0 Å². The van der Waals surface area contributed by atoms with Gasteiger partial charge in [-0.3, -0.25) is 0 Å². The van der Waals surface area contributed by atoms with Crippen LogP contribution in [0.5, 0.6) is 5.75 Å². The monoisotopic (exact) mass is 397 g/mol. The molecule has 3 N–H and O–H groups in total. The number of aryl methyl sites for hydroxylation is 1. The number of methoxy groups -OCH3 is 1. The predicted octanol–water partition coefficient (Wildman–Crippen LogP) is 1.90. The molecule has 0 spiro atoms. The first-order valence-electron chi connectivity index (χ1n) is 8.99. The van der Waals surface area contributed by atoms with Gasteiger partial charge in [0.1, 0.15) is 12.4 Å². The first-order valence-corrected chi connectivity index (χ1v) is 8.99. The fraction of sp³-hybridized carbons (Fsp3) is 0.500. The average molecular weight is 397 g/mol. The van der Waals surface area contributed by atoms with Gasteiger partial charge >= 0.3 is 11.9 Å². The highest BCUT2D eigenvalue weighted by atomic mass is 16.5. The lowest BCUT2D eigenvalue weighted by Gasteiger charge is -2.12. The minimum absolute atomic E-state index is 0.566.